The molecule has 0 N–H and O–H groups in total. The highest BCUT2D eigenvalue weighted by atomic mass is 15.1. The summed E-state index contributed by atoms with van der Waals surface area (Å²) >= 11 is 0. The second kappa shape index (κ2) is 14.5. The number of anilines is 3. The summed E-state index contributed by atoms with van der Waals surface area (Å²) in [4.78, 5) is 18.0. The van der Waals surface area contributed by atoms with Crippen LogP contribution in [0.3, 0.4) is 0 Å². The molecule has 1 aromatic heterocycles. The van der Waals surface area contributed by atoms with E-state index < -0.39 is 0 Å². The van der Waals surface area contributed by atoms with Gasteiger partial charge >= 0.3 is 0 Å². The van der Waals surface area contributed by atoms with Gasteiger partial charge in [0.25, 0.3) is 0 Å². The van der Waals surface area contributed by atoms with E-state index in [2.05, 4.69) is 187 Å². The Morgan fingerprint density at radius 3 is 1.17 bits per heavy atom. The van der Waals surface area contributed by atoms with Gasteiger partial charge in [0, 0.05) is 39.3 Å². The number of fused-ring (bicyclic) bond motifs is 3. The van der Waals surface area contributed by atoms with E-state index in [9.17, 15) is 0 Å². The fourth-order valence-corrected chi connectivity index (χ4v) is 8.45. The predicted octanol–water partition coefficient (Wildman–Crippen LogP) is 14.5. The molecule has 0 amide bonds. The standard InChI is InChI=1S/C55H36N4/c1-5-15-37(16-6-1)39-27-31-44(32-28-39)59(45-33-29-40(30-34-45)38-17-7-2-8-18-38)46-35-49-47-25-13-23-41-24-14-26-48(51(41)47)52(49)50(36-46)55-57-53(42-19-9-3-10-20-42)56-54(58-55)43-21-11-4-12-22-43/h1-36H. The fraction of sp³-hybridized carbons (Fsp3) is 0. The summed E-state index contributed by atoms with van der Waals surface area (Å²) < 4.78 is 0. The average Bonchev–Trinajstić information content (AvgIpc) is 3.65. The van der Waals surface area contributed by atoms with Gasteiger partial charge in [-0.15, -0.1) is 0 Å². The fourth-order valence-electron chi connectivity index (χ4n) is 8.45. The molecule has 1 heterocycles. The maximum atomic E-state index is 5.30. The van der Waals surface area contributed by atoms with Gasteiger partial charge in [-0.05, 0) is 86.1 Å². The maximum absolute atomic E-state index is 5.30. The Morgan fingerprint density at radius 2 is 0.678 bits per heavy atom. The van der Waals surface area contributed by atoms with Crippen molar-refractivity contribution in [1.29, 1.82) is 0 Å². The molecule has 59 heavy (non-hydrogen) atoms. The van der Waals surface area contributed by atoms with E-state index in [1.807, 2.05) is 36.4 Å². The molecule has 9 aromatic carbocycles. The van der Waals surface area contributed by atoms with Gasteiger partial charge in [0.05, 0.1) is 0 Å². The molecule has 0 saturated carbocycles. The van der Waals surface area contributed by atoms with Crippen LogP contribution in [0.2, 0.25) is 0 Å². The lowest BCUT2D eigenvalue weighted by molar-refractivity contribution is 1.07. The van der Waals surface area contributed by atoms with E-state index >= 15 is 0 Å². The molecule has 4 nitrogen and oxygen atoms in total. The first kappa shape index (κ1) is 34.3. The largest absolute Gasteiger partial charge is 0.310 e. The number of nitrogens with zero attached hydrogens (tertiary/aromatic N) is 4. The number of hydrogen-bond acceptors (Lipinski definition) is 4. The van der Waals surface area contributed by atoms with Crippen molar-refractivity contribution in [2.75, 3.05) is 4.90 Å². The van der Waals surface area contributed by atoms with Crippen molar-refractivity contribution in [3.63, 3.8) is 0 Å². The van der Waals surface area contributed by atoms with E-state index in [1.54, 1.807) is 0 Å². The minimum absolute atomic E-state index is 0.624. The molecule has 0 radical (unpaired) electrons. The SMILES string of the molecule is c1ccc(-c2ccc(N(c3ccc(-c4ccccc4)cc3)c3cc(-c4nc(-c5ccccc5)nc(-c5ccccc5)n4)c4c(c3)-c3cccc5cccc-4c35)cc2)cc1. The Morgan fingerprint density at radius 1 is 0.271 bits per heavy atom. The molecule has 0 bridgehead atoms. The normalized spacial score (nSPS) is 11.4. The molecular formula is C55H36N4. The summed E-state index contributed by atoms with van der Waals surface area (Å²) in [5, 5.41) is 2.45. The number of hydrogen-bond donors (Lipinski definition) is 0. The highest BCUT2D eigenvalue weighted by molar-refractivity contribution is 6.18. The number of aromatic nitrogens is 3. The van der Waals surface area contributed by atoms with Crippen LogP contribution in [0, 0.1) is 0 Å². The molecule has 0 aliphatic heterocycles. The zero-order valence-electron chi connectivity index (χ0n) is 32.1. The van der Waals surface area contributed by atoms with Crippen LogP contribution in [-0.4, -0.2) is 15.0 Å². The molecule has 0 fully saturated rings. The van der Waals surface area contributed by atoms with Gasteiger partial charge in [0.15, 0.2) is 17.5 Å². The van der Waals surface area contributed by atoms with Crippen LogP contribution in [0.15, 0.2) is 218 Å². The number of rotatable bonds is 8. The first-order chi connectivity index (χ1) is 29.2. The lowest BCUT2D eigenvalue weighted by Gasteiger charge is -2.27. The van der Waals surface area contributed by atoms with Crippen molar-refractivity contribution in [3.05, 3.63) is 218 Å². The molecule has 0 spiro atoms. The topological polar surface area (TPSA) is 41.9 Å². The Bertz CT molecular complexity index is 2970. The zero-order valence-corrected chi connectivity index (χ0v) is 32.1. The summed E-state index contributed by atoms with van der Waals surface area (Å²) in [7, 11) is 0. The van der Waals surface area contributed by atoms with Gasteiger partial charge in [-0.3, -0.25) is 0 Å². The van der Waals surface area contributed by atoms with Gasteiger partial charge in [-0.1, -0.05) is 182 Å². The van der Waals surface area contributed by atoms with Crippen LogP contribution in [0.25, 0.3) is 89.4 Å². The molecule has 276 valence electrons. The van der Waals surface area contributed by atoms with E-state index in [1.165, 1.54) is 33.0 Å². The molecule has 1 aliphatic carbocycles. The average molecular weight is 753 g/mol. The van der Waals surface area contributed by atoms with Crippen LogP contribution in [0.4, 0.5) is 17.1 Å². The second-order valence-corrected chi connectivity index (χ2v) is 14.8. The lowest BCUT2D eigenvalue weighted by Crippen LogP contribution is -2.11. The summed E-state index contributed by atoms with van der Waals surface area (Å²) in [6.07, 6.45) is 0. The lowest BCUT2D eigenvalue weighted by atomic mass is 9.95. The number of benzene rings is 9. The van der Waals surface area contributed by atoms with E-state index in [0.29, 0.717) is 17.5 Å². The van der Waals surface area contributed by atoms with E-state index in [0.717, 1.165) is 56.0 Å². The third-order valence-electron chi connectivity index (χ3n) is 11.3. The maximum Gasteiger partial charge on any atom is 0.164 e. The van der Waals surface area contributed by atoms with Crippen LogP contribution in [-0.2, 0) is 0 Å². The van der Waals surface area contributed by atoms with Crippen molar-refractivity contribution in [3.8, 4) is 78.7 Å². The van der Waals surface area contributed by atoms with Crippen LogP contribution in [0.5, 0.6) is 0 Å². The van der Waals surface area contributed by atoms with Gasteiger partial charge in [-0.25, -0.2) is 15.0 Å². The molecule has 0 unspecified atom stereocenters. The second-order valence-electron chi connectivity index (χ2n) is 14.8. The highest BCUT2D eigenvalue weighted by Gasteiger charge is 2.29. The zero-order chi connectivity index (χ0) is 39.1. The van der Waals surface area contributed by atoms with E-state index in [-0.39, 0.29) is 0 Å². The molecule has 1 aliphatic rings. The summed E-state index contributed by atoms with van der Waals surface area (Å²) in [6.45, 7) is 0. The third-order valence-corrected chi connectivity index (χ3v) is 11.3. The smallest absolute Gasteiger partial charge is 0.164 e. The van der Waals surface area contributed by atoms with Crippen LogP contribution >= 0.6 is 0 Å². The van der Waals surface area contributed by atoms with Crippen molar-refractivity contribution < 1.29 is 0 Å². The van der Waals surface area contributed by atoms with Gasteiger partial charge in [0.2, 0.25) is 0 Å². The first-order valence-corrected chi connectivity index (χ1v) is 19.9. The highest BCUT2D eigenvalue weighted by Crippen LogP contribution is 2.53. The molecule has 0 saturated heterocycles. The molecular weight excluding hydrogens is 717 g/mol. The van der Waals surface area contributed by atoms with Gasteiger partial charge in [0.1, 0.15) is 0 Å². The first-order valence-electron chi connectivity index (χ1n) is 19.9. The summed E-state index contributed by atoms with van der Waals surface area (Å²) in [6, 6.07) is 77.0. The van der Waals surface area contributed by atoms with Gasteiger partial charge in [-0.2, -0.15) is 0 Å². The molecule has 4 heteroatoms. The Hall–Kier alpha value is -7.95. The Labute approximate surface area is 343 Å². The van der Waals surface area contributed by atoms with Crippen molar-refractivity contribution in [2.45, 2.75) is 0 Å². The molecule has 11 rings (SSSR count). The summed E-state index contributed by atoms with van der Waals surface area (Å²) in [5.41, 5.74) is 15.3. The Balaban J connectivity index is 1.17. The minimum Gasteiger partial charge on any atom is -0.310 e. The molecule has 10 aromatic rings. The van der Waals surface area contributed by atoms with Crippen molar-refractivity contribution >= 4 is 27.8 Å². The quantitative estimate of drug-likeness (QED) is 0.155. The minimum atomic E-state index is 0.624. The third kappa shape index (κ3) is 6.24. The monoisotopic (exact) mass is 752 g/mol. The van der Waals surface area contributed by atoms with E-state index in [4.69, 9.17) is 15.0 Å². The van der Waals surface area contributed by atoms with Crippen LogP contribution in [0.1, 0.15) is 0 Å². The van der Waals surface area contributed by atoms with Crippen molar-refractivity contribution in [1.82, 2.24) is 15.0 Å². The van der Waals surface area contributed by atoms with Gasteiger partial charge < -0.3 is 4.90 Å². The van der Waals surface area contributed by atoms with Crippen LogP contribution < -0.4 is 4.90 Å². The molecule has 0 atom stereocenters. The Kier molecular flexibility index (Phi) is 8.45. The summed E-state index contributed by atoms with van der Waals surface area (Å²) in [5.74, 6) is 1.89. The van der Waals surface area contributed by atoms with Crippen molar-refractivity contribution in [2.24, 2.45) is 0 Å². The predicted molar refractivity (Wildman–Crippen MR) is 244 cm³/mol.